The van der Waals surface area contributed by atoms with Gasteiger partial charge in [0.25, 0.3) is 5.56 Å². The number of aryl methyl sites for hydroxylation is 2. The van der Waals surface area contributed by atoms with Crippen molar-refractivity contribution in [2.75, 3.05) is 0 Å². The van der Waals surface area contributed by atoms with E-state index in [0.29, 0.717) is 11.9 Å². The standard InChI is InChI=1S/C20H17ClFN3O/c1-3-19-23-24(11-14-15(21)5-4-6-16(14)22)20(26)18-10-13-9-12(2)7-8-17(13)25(18)19/h4-10H,3,11H2,1-2H3. The van der Waals surface area contributed by atoms with Gasteiger partial charge < -0.3 is 0 Å². The van der Waals surface area contributed by atoms with Crippen LogP contribution in [0.5, 0.6) is 0 Å². The Labute approximate surface area is 154 Å². The molecule has 4 nitrogen and oxygen atoms in total. The molecule has 132 valence electrons. The first-order valence-electron chi connectivity index (χ1n) is 8.44. The first-order chi connectivity index (χ1) is 12.5. The molecule has 26 heavy (non-hydrogen) atoms. The SMILES string of the molecule is CCc1nn(Cc2c(F)cccc2Cl)c(=O)c2cc3cc(C)ccc3n12. The molecule has 2 heterocycles. The lowest BCUT2D eigenvalue weighted by atomic mass is 10.2. The van der Waals surface area contributed by atoms with Crippen LogP contribution in [0.25, 0.3) is 16.4 Å². The largest absolute Gasteiger partial charge is 0.291 e. The highest BCUT2D eigenvalue weighted by atomic mass is 35.5. The topological polar surface area (TPSA) is 39.3 Å². The Balaban J connectivity index is 1.98. The van der Waals surface area contributed by atoms with Crippen LogP contribution in [0.3, 0.4) is 0 Å². The van der Waals surface area contributed by atoms with Crippen LogP contribution in [0.1, 0.15) is 23.9 Å². The van der Waals surface area contributed by atoms with Crippen LogP contribution in [0.15, 0.2) is 47.3 Å². The third-order valence-corrected chi connectivity index (χ3v) is 4.94. The molecule has 6 heteroatoms. The van der Waals surface area contributed by atoms with E-state index in [4.69, 9.17) is 11.6 Å². The number of benzene rings is 2. The Morgan fingerprint density at radius 2 is 1.96 bits per heavy atom. The van der Waals surface area contributed by atoms with E-state index < -0.39 is 5.82 Å². The molecule has 0 aliphatic rings. The number of hydrogen-bond donors (Lipinski definition) is 0. The fraction of sp³-hybridized carbons (Fsp3) is 0.200. The van der Waals surface area contributed by atoms with Gasteiger partial charge in [-0.3, -0.25) is 9.20 Å². The van der Waals surface area contributed by atoms with Crippen LogP contribution in [0.4, 0.5) is 4.39 Å². The van der Waals surface area contributed by atoms with Crippen LogP contribution in [-0.4, -0.2) is 14.2 Å². The average Bonchev–Trinajstić information content (AvgIpc) is 2.99. The normalized spacial score (nSPS) is 11.5. The molecular weight excluding hydrogens is 353 g/mol. The minimum Gasteiger partial charge on any atom is -0.291 e. The minimum atomic E-state index is -0.444. The molecule has 0 unspecified atom stereocenters. The zero-order valence-corrected chi connectivity index (χ0v) is 15.2. The molecule has 0 aliphatic carbocycles. The smallest absolute Gasteiger partial charge is 0.291 e. The maximum absolute atomic E-state index is 14.1. The van der Waals surface area contributed by atoms with Crippen molar-refractivity contribution in [2.45, 2.75) is 26.8 Å². The molecule has 0 fully saturated rings. The molecule has 4 aromatic rings. The molecule has 0 saturated heterocycles. The summed E-state index contributed by atoms with van der Waals surface area (Å²) < 4.78 is 17.3. The molecule has 2 aromatic heterocycles. The van der Waals surface area contributed by atoms with Crippen LogP contribution < -0.4 is 5.56 Å². The molecule has 0 saturated carbocycles. The highest BCUT2D eigenvalue weighted by Crippen LogP contribution is 2.22. The number of aromatic nitrogens is 3. The number of nitrogens with zero attached hydrogens (tertiary/aromatic N) is 3. The van der Waals surface area contributed by atoms with E-state index in [1.165, 1.54) is 10.7 Å². The molecule has 0 radical (unpaired) electrons. The second-order valence-corrected chi connectivity index (χ2v) is 6.77. The first kappa shape index (κ1) is 16.8. The maximum Gasteiger partial charge on any atom is 0.291 e. The lowest BCUT2D eigenvalue weighted by molar-refractivity contribution is 0.560. The summed E-state index contributed by atoms with van der Waals surface area (Å²) in [5, 5.41) is 5.75. The van der Waals surface area contributed by atoms with Crippen molar-refractivity contribution in [1.82, 2.24) is 14.2 Å². The van der Waals surface area contributed by atoms with E-state index >= 15 is 0 Å². The summed E-state index contributed by atoms with van der Waals surface area (Å²) >= 11 is 6.12. The highest BCUT2D eigenvalue weighted by molar-refractivity contribution is 6.31. The summed E-state index contributed by atoms with van der Waals surface area (Å²) in [5.41, 5.74) is 2.60. The summed E-state index contributed by atoms with van der Waals surface area (Å²) in [6, 6.07) is 12.4. The number of halogens is 2. The highest BCUT2D eigenvalue weighted by Gasteiger charge is 2.16. The number of hydrogen-bond acceptors (Lipinski definition) is 2. The maximum atomic E-state index is 14.1. The second kappa shape index (κ2) is 6.25. The molecule has 0 spiro atoms. The van der Waals surface area contributed by atoms with Crippen molar-refractivity contribution >= 4 is 28.0 Å². The Morgan fingerprint density at radius 3 is 2.69 bits per heavy atom. The predicted molar refractivity (Wildman–Crippen MR) is 102 cm³/mol. The summed E-state index contributed by atoms with van der Waals surface area (Å²) in [4.78, 5) is 13.0. The van der Waals surface area contributed by atoms with Crippen LogP contribution >= 0.6 is 11.6 Å². The van der Waals surface area contributed by atoms with Gasteiger partial charge in [0.15, 0.2) is 0 Å². The van der Waals surface area contributed by atoms with Crippen molar-refractivity contribution < 1.29 is 4.39 Å². The van der Waals surface area contributed by atoms with Gasteiger partial charge in [-0.15, -0.1) is 0 Å². The summed E-state index contributed by atoms with van der Waals surface area (Å²) in [6.45, 7) is 3.99. The molecule has 0 atom stereocenters. The monoisotopic (exact) mass is 369 g/mol. The van der Waals surface area contributed by atoms with Gasteiger partial charge in [-0.1, -0.05) is 36.2 Å². The Bertz CT molecular complexity index is 1190. The second-order valence-electron chi connectivity index (χ2n) is 6.36. The number of fused-ring (bicyclic) bond motifs is 3. The Hall–Kier alpha value is -2.66. The van der Waals surface area contributed by atoms with E-state index in [1.807, 2.05) is 42.5 Å². The average molecular weight is 370 g/mol. The molecule has 0 N–H and O–H groups in total. The van der Waals surface area contributed by atoms with E-state index in [1.54, 1.807) is 12.1 Å². The molecule has 4 rings (SSSR count). The van der Waals surface area contributed by atoms with E-state index in [-0.39, 0.29) is 22.7 Å². The fourth-order valence-electron chi connectivity index (χ4n) is 3.30. The van der Waals surface area contributed by atoms with E-state index in [9.17, 15) is 9.18 Å². The van der Waals surface area contributed by atoms with Gasteiger partial charge in [0.1, 0.15) is 17.2 Å². The first-order valence-corrected chi connectivity index (χ1v) is 8.82. The molecule has 2 aromatic carbocycles. The van der Waals surface area contributed by atoms with Crippen molar-refractivity contribution in [3.63, 3.8) is 0 Å². The molecular formula is C20H17ClFN3O. The van der Waals surface area contributed by atoms with E-state index in [2.05, 4.69) is 5.10 Å². The van der Waals surface area contributed by atoms with E-state index in [0.717, 1.165) is 22.3 Å². The third-order valence-electron chi connectivity index (χ3n) is 4.59. The number of rotatable bonds is 3. The van der Waals surface area contributed by atoms with Crippen LogP contribution in [0.2, 0.25) is 5.02 Å². The Kier molecular flexibility index (Phi) is 4.04. The zero-order chi connectivity index (χ0) is 18.4. The van der Waals surface area contributed by atoms with Gasteiger partial charge in [-0.05, 0) is 37.3 Å². The quantitative estimate of drug-likeness (QED) is 0.538. The third kappa shape index (κ3) is 2.59. The fourth-order valence-corrected chi connectivity index (χ4v) is 3.52. The molecule has 0 bridgehead atoms. The minimum absolute atomic E-state index is 0.00556. The van der Waals surface area contributed by atoms with Crippen molar-refractivity contribution in [2.24, 2.45) is 0 Å². The lowest BCUT2D eigenvalue weighted by Crippen LogP contribution is -2.27. The van der Waals surface area contributed by atoms with Crippen molar-refractivity contribution in [1.29, 1.82) is 0 Å². The Morgan fingerprint density at radius 1 is 1.15 bits per heavy atom. The van der Waals surface area contributed by atoms with Crippen LogP contribution in [0, 0.1) is 12.7 Å². The van der Waals surface area contributed by atoms with Gasteiger partial charge in [-0.25, -0.2) is 9.07 Å². The summed E-state index contributed by atoms with van der Waals surface area (Å²) in [7, 11) is 0. The van der Waals surface area contributed by atoms with Gasteiger partial charge in [-0.2, -0.15) is 5.10 Å². The molecule has 0 amide bonds. The zero-order valence-electron chi connectivity index (χ0n) is 14.5. The van der Waals surface area contributed by atoms with Gasteiger partial charge in [0, 0.05) is 22.4 Å². The summed E-state index contributed by atoms with van der Waals surface area (Å²) in [6.07, 6.45) is 0.638. The summed E-state index contributed by atoms with van der Waals surface area (Å²) in [5.74, 6) is 0.297. The van der Waals surface area contributed by atoms with Crippen molar-refractivity contribution in [3.05, 3.63) is 80.6 Å². The van der Waals surface area contributed by atoms with Gasteiger partial charge >= 0.3 is 0 Å². The lowest BCUT2D eigenvalue weighted by Gasteiger charge is -2.11. The molecule has 0 aliphatic heterocycles. The van der Waals surface area contributed by atoms with Crippen LogP contribution in [-0.2, 0) is 13.0 Å². The predicted octanol–water partition coefficient (Wildman–Crippen LogP) is 4.36. The van der Waals surface area contributed by atoms with Gasteiger partial charge in [0.2, 0.25) is 0 Å². The van der Waals surface area contributed by atoms with Crippen molar-refractivity contribution in [3.8, 4) is 0 Å². The van der Waals surface area contributed by atoms with Gasteiger partial charge in [0.05, 0.1) is 12.1 Å².